The molecule has 0 saturated carbocycles. The summed E-state index contributed by atoms with van der Waals surface area (Å²) in [5, 5.41) is 11.8. The van der Waals surface area contributed by atoms with Gasteiger partial charge in [0.25, 0.3) is 0 Å². The van der Waals surface area contributed by atoms with Gasteiger partial charge in [-0.2, -0.15) is 13.2 Å². The summed E-state index contributed by atoms with van der Waals surface area (Å²) >= 11 is 0. The highest BCUT2D eigenvalue weighted by Crippen LogP contribution is 2.39. The molecule has 10 heteroatoms. The average molecular weight is 494 g/mol. The van der Waals surface area contributed by atoms with Crippen LogP contribution in [0.15, 0.2) is 24.3 Å². The van der Waals surface area contributed by atoms with E-state index in [4.69, 9.17) is 9.47 Å². The number of aromatic nitrogens is 2. The van der Waals surface area contributed by atoms with Gasteiger partial charge in [-0.15, -0.1) is 0 Å². The number of carbonyl (C=O) groups is 1. The van der Waals surface area contributed by atoms with Gasteiger partial charge in [0.1, 0.15) is 17.0 Å². The maximum atomic E-state index is 13.4. The number of carbonyl (C=O) groups excluding carboxylic acids is 1. The molecule has 35 heavy (non-hydrogen) atoms. The van der Waals surface area contributed by atoms with E-state index in [0.29, 0.717) is 41.6 Å². The molecular weight excluding hydrogens is 463 g/mol. The second kappa shape index (κ2) is 8.89. The number of fused-ring (bicyclic) bond motifs is 3. The third-order valence-electron chi connectivity index (χ3n) is 6.21. The summed E-state index contributed by atoms with van der Waals surface area (Å²) in [6.07, 6.45) is -4.97. The number of aliphatic hydroxyl groups is 1. The fourth-order valence-corrected chi connectivity index (χ4v) is 4.69. The number of aryl methyl sites for hydroxylation is 1. The minimum atomic E-state index is -4.58. The quantitative estimate of drug-likeness (QED) is 0.513. The van der Waals surface area contributed by atoms with E-state index in [1.165, 1.54) is 18.1 Å². The SMILES string of the molecule is COc1cc2c(cc1C)c1nc(C(F)(F)F)ccc1n2[C@@H]1CCCN(C(=O)OC(C)(C)C)C[C@H]1O. The van der Waals surface area contributed by atoms with Gasteiger partial charge in [0.05, 0.1) is 42.4 Å². The number of alkyl halides is 3. The number of nitrogens with zero attached hydrogens (tertiary/aromatic N) is 3. The Balaban J connectivity index is 1.83. The van der Waals surface area contributed by atoms with E-state index < -0.39 is 35.7 Å². The Kier molecular flexibility index (Phi) is 6.37. The van der Waals surface area contributed by atoms with E-state index in [-0.39, 0.29) is 12.1 Å². The Morgan fingerprint density at radius 2 is 1.89 bits per heavy atom. The maximum Gasteiger partial charge on any atom is 0.433 e. The van der Waals surface area contributed by atoms with Crippen LogP contribution >= 0.6 is 0 Å². The minimum Gasteiger partial charge on any atom is -0.496 e. The van der Waals surface area contributed by atoms with Crippen molar-refractivity contribution in [2.75, 3.05) is 20.2 Å². The van der Waals surface area contributed by atoms with Gasteiger partial charge in [0.15, 0.2) is 0 Å². The summed E-state index contributed by atoms with van der Waals surface area (Å²) in [6, 6.07) is 5.39. The molecular formula is C25H30F3N3O4. The minimum absolute atomic E-state index is 0.0395. The number of rotatable bonds is 2. The average Bonchev–Trinajstić information content (AvgIpc) is 2.91. The first-order valence-corrected chi connectivity index (χ1v) is 11.5. The molecule has 2 atom stereocenters. The molecule has 1 aromatic carbocycles. The Bertz CT molecular complexity index is 1260. The molecule has 0 aliphatic carbocycles. The van der Waals surface area contributed by atoms with Crippen LogP contribution in [-0.4, -0.2) is 57.6 Å². The maximum absolute atomic E-state index is 13.4. The smallest absolute Gasteiger partial charge is 0.433 e. The van der Waals surface area contributed by atoms with Crippen molar-refractivity contribution in [1.82, 2.24) is 14.5 Å². The first-order valence-electron chi connectivity index (χ1n) is 11.5. The van der Waals surface area contributed by atoms with E-state index in [0.717, 1.165) is 11.6 Å². The highest BCUT2D eigenvalue weighted by atomic mass is 19.4. The van der Waals surface area contributed by atoms with Gasteiger partial charge >= 0.3 is 12.3 Å². The fraction of sp³-hybridized carbons (Fsp3) is 0.520. The van der Waals surface area contributed by atoms with E-state index >= 15 is 0 Å². The zero-order valence-corrected chi connectivity index (χ0v) is 20.4. The Hall–Kier alpha value is -3.01. The molecule has 7 nitrogen and oxygen atoms in total. The summed E-state index contributed by atoms with van der Waals surface area (Å²) in [6.45, 7) is 7.58. The van der Waals surface area contributed by atoms with Crippen molar-refractivity contribution in [2.24, 2.45) is 0 Å². The number of β-amino-alcohol motifs (C(OH)–C–C–N with tert-alkyl or cyclic N) is 1. The lowest BCUT2D eigenvalue weighted by molar-refractivity contribution is -0.140. The lowest BCUT2D eigenvalue weighted by Crippen LogP contribution is -2.41. The molecule has 1 saturated heterocycles. The molecule has 1 amide bonds. The van der Waals surface area contributed by atoms with E-state index in [2.05, 4.69) is 4.98 Å². The number of benzene rings is 1. The van der Waals surface area contributed by atoms with Gasteiger partial charge in [-0.3, -0.25) is 0 Å². The van der Waals surface area contributed by atoms with Crippen molar-refractivity contribution in [3.63, 3.8) is 0 Å². The predicted molar refractivity (Wildman–Crippen MR) is 126 cm³/mol. The lowest BCUT2D eigenvalue weighted by atomic mass is 10.1. The number of likely N-dealkylation sites (tertiary alicyclic amines) is 1. The van der Waals surface area contributed by atoms with Crippen LogP contribution in [0.1, 0.15) is 50.9 Å². The Morgan fingerprint density at radius 3 is 2.51 bits per heavy atom. The van der Waals surface area contributed by atoms with Gasteiger partial charge < -0.3 is 24.0 Å². The number of methoxy groups -OCH3 is 1. The second-order valence-electron chi connectivity index (χ2n) is 9.97. The lowest BCUT2D eigenvalue weighted by Gasteiger charge is -2.29. The number of hydrogen-bond donors (Lipinski definition) is 1. The van der Waals surface area contributed by atoms with E-state index in [1.807, 2.05) is 11.5 Å². The number of pyridine rings is 1. The summed E-state index contributed by atoms with van der Waals surface area (Å²) in [5.41, 5.74) is 0.419. The van der Waals surface area contributed by atoms with Crippen molar-refractivity contribution in [2.45, 2.75) is 64.5 Å². The predicted octanol–water partition coefficient (Wildman–Crippen LogP) is 5.46. The van der Waals surface area contributed by atoms with Gasteiger partial charge in [0, 0.05) is 18.0 Å². The second-order valence-corrected chi connectivity index (χ2v) is 9.97. The molecule has 2 aromatic heterocycles. The molecule has 3 heterocycles. The van der Waals surface area contributed by atoms with Crippen LogP contribution in [0.2, 0.25) is 0 Å². The number of ether oxygens (including phenoxy) is 2. The number of amides is 1. The van der Waals surface area contributed by atoms with Crippen molar-refractivity contribution < 1.29 is 32.5 Å². The number of hydrogen-bond acceptors (Lipinski definition) is 5. The van der Waals surface area contributed by atoms with Crippen LogP contribution < -0.4 is 4.74 Å². The van der Waals surface area contributed by atoms with Crippen molar-refractivity contribution >= 4 is 28.0 Å². The van der Waals surface area contributed by atoms with Crippen LogP contribution in [-0.2, 0) is 10.9 Å². The highest BCUT2D eigenvalue weighted by Gasteiger charge is 2.35. The summed E-state index contributed by atoms with van der Waals surface area (Å²) < 4.78 is 53.1. The van der Waals surface area contributed by atoms with Crippen molar-refractivity contribution in [3.05, 3.63) is 35.5 Å². The van der Waals surface area contributed by atoms with Gasteiger partial charge in [-0.1, -0.05) is 0 Å². The summed E-state index contributed by atoms with van der Waals surface area (Å²) in [5.74, 6) is 0.580. The molecule has 0 bridgehead atoms. The third kappa shape index (κ3) is 4.89. The van der Waals surface area contributed by atoms with Gasteiger partial charge in [-0.25, -0.2) is 9.78 Å². The number of aliphatic hydroxyl groups excluding tert-OH is 1. The van der Waals surface area contributed by atoms with Crippen molar-refractivity contribution in [3.8, 4) is 5.75 Å². The van der Waals surface area contributed by atoms with Crippen LogP contribution in [0.3, 0.4) is 0 Å². The normalized spacial score (nSPS) is 19.7. The molecule has 1 aliphatic heterocycles. The topological polar surface area (TPSA) is 76.8 Å². The molecule has 3 aromatic rings. The zero-order valence-electron chi connectivity index (χ0n) is 20.4. The molecule has 0 spiro atoms. The highest BCUT2D eigenvalue weighted by molar-refractivity contribution is 6.06. The van der Waals surface area contributed by atoms with E-state index in [9.17, 15) is 23.1 Å². The molecule has 1 fully saturated rings. The molecule has 190 valence electrons. The molecule has 0 radical (unpaired) electrons. The summed E-state index contributed by atoms with van der Waals surface area (Å²) in [4.78, 5) is 18.1. The van der Waals surface area contributed by atoms with Crippen LogP contribution in [0.5, 0.6) is 5.75 Å². The van der Waals surface area contributed by atoms with Gasteiger partial charge in [0.2, 0.25) is 0 Å². The van der Waals surface area contributed by atoms with Crippen LogP contribution in [0.4, 0.5) is 18.0 Å². The van der Waals surface area contributed by atoms with Crippen molar-refractivity contribution in [1.29, 1.82) is 0 Å². The van der Waals surface area contributed by atoms with Gasteiger partial charge in [-0.05, 0) is 64.3 Å². The zero-order chi connectivity index (χ0) is 25.7. The third-order valence-corrected chi connectivity index (χ3v) is 6.21. The standard InChI is InChI=1S/C25H30F3N3O4/c1-14-11-15-18(12-20(14)34-5)31(17-8-9-21(25(26,27)28)29-22(15)17)16-7-6-10-30(13-19(16)32)23(33)35-24(2,3)4/h8-9,11-12,16,19,32H,6-7,10,13H2,1-5H3/t16-,19-/m1/s1. The molecule has 4 rings (SSSR count). The van der Waals surface area contributed by atoms with Crippen LogP contribution in [0.25, 0.3) is 21.9 Å². The Labute approximate surface area is 201 Å². The molecule has 0 unspecified atom stereocenters. The Morgan fingerprint density at radius 1 is 1.17 bits per heavy atom. The first-order chi connectivity index (χ1) is 16.3. The molecule has 1 N–H and O–H groups in total. The first kappa shape index (κ1) is 25.1. The van der Waals surface area contributed by atoms with E-state index in [1.54, 1.807) is 32.9 Å². The largest absolute Gasteiger partial charge is 0.496 e. The monoisotopic (exact) mass is 493 g/mol. The summed E-state index contributed by atoms with van der Waals surface area (Å²) in [7, 11) is 1.53. The molecule has 1 aliphatic rings. The van der Waals surface area contributed by atoms with Crippen LogP contribution in [0, 0.1) is 6.92 Å². The fourth-order valence-electron chi connectivity index (χ4n) is 4.69. The number of halogens is 3.